The van der Waals surface area contributed by atoms with Crippen LogP contribution in [0.5, 0.6) is 5.75 Å². The van der Waals surface area contributed by atoms with E-state index in [0.717, 1.165) is 4.90 Å². The number of phenolic OH excluding ortho intramolecular Hbond substituents is 1. The fraction of sp³-hybridized carbons (Fsp3) is 0.125. The molecule has 1 aliphatic rings. The average Bonchev–Trinajstić information content (AvgIpc) is 2.75. The lowest BCUT2D eigenvalue weighted by molar-refractivity contribution is -0.121. The van der Waals surface area contributed by atoms with Crippen LogP contribution in [0, 0.1) is 0 Å². The summed E-state index contributed by atoms with van der Waals surface area (Å²) in [5, 5.41) is 13.0. The number of benzene rings is 2. The molecule has 1 atom stereocenters. The van der Waals surface area contributed by atoms with Gasteiger partial charge in [0.25, 0.3) is 5.91 Å². The third-order valence-electron chi connectivity index (χ3n) is 3.42. The summed E-state index contributed by atoms with van der Waals surface area (Å²) in [6.45, 7) is 0. The molecule has 3 rings (SSSR count). The van der Waals surface area contributed by atoms with E-state index in [1.165, 1.54) is 12.1 Å². The van der Waals surface area contributed by atoms with Crippen LogP contribution in [0.15, 0.2) is 48.5 Å². The first-order chi connectivity index (χ1) is 10.5. The Morgan fingerprint density at radius 2 is 1.86 bits per heavy atom. The highest BCUT2D eigenvalue weighted by Gasteiger charge is 2.39. The van der Waals surface area contributed by atoms with E-state index in [-0.39, 0.29) is 24.0 Å². The molecule has 6 heteroatoms. The van der Waals surface area contributed by atoms with Gasteiger partial charge in [-0.2, -0.15) is 0 Å². The van der Waals surface area contributed by atoms with Crippen molar-refractivity contribution in [2.24, 2.45) is 0 Å². The second-order valence-corrected chi connectivity index (χ2v) is 5.43. The van der Waals surface area contributed by atoms with Crippen molar-refractivity contribution in [3.63, 3.8) is 0 Å². The molecule has 0 radical (unpaired) electrons. The van der Waals surface area contributed by atoms with Crippen LogP contribution in [0.25, 0.3) is 0 Å². The number of carbonyl (C=O) groups is 2. The molecular weight excluding hydrogens is 304 g/mol. The van der Waals surface area contributed by atoms with Gasteiger partial charge in [0, 0.05) is 16.8 Å². The second kappa shape index (κ2) is 5.69. The Bertz CT molecular complexity index is 730. The standard InChI is InChI=1S/C16H13ClN2O3/c17-10-4-6-12(7-5-10)19-15(21)9-14(16(19)22)18-11-2-1-3-13(20)8-11/h1-8,14,18,20H,9H2. The molecule has 112 valence electrons. The molecule has 2 amide bonds. The largest absolute Gasteiger partial charge is 0.508 e. The van der Waals surface area contributed by atoms with Crippen molar-refractivity contribution < 1.29 is 14.7 Å². The van der Waals surface area contributed by atoms with Gasteiger partial charge < -0.3 is 10.4 Å². The third kappa shape index (κ3) is 2.76. The van der Waals surface area contributed by atoms with Gasteiger partial charge in [0.2, 0.25) is 5.91 Å². The zero-order valence-electron chi connectivity index (χ0n) is 11.5. The molecule has 1 aliphatic heterocycles. The molecule has 0 spiro atoms. The number of anilines is 2. The van der Waals surface area contributed by atoms with E-state index >= 15 is 0 Å². The SMILES string of the molecule is O=C1CC(Nc2cccc(O)c2)C(=O)N1c1ccc(Cl)cc1. The third-order valence-corrected chi connectivity index (χ3v) is 3.67. The van der Waals surface area contributed by atoms with Gasteiger partial charge in [-0.05, 0) is 36.4 Å². The number of carbonyl (C=O) groups excluding carboxylic acids is 2. The van der Waals surface area contributed by atoms with Crippen molar-refractivity contribution in [2.75, 3.05) is 10.2 Å². The normalized spacial score (nSPS) is 17.9. The minimum atomic E-state index is -0.648. The van der Waals surface area contributed by atoms with Gasteiger partial charge in [-0.3, -0.25) is 9.59 Å². The van der Waals surface area contributed by atoms with Crippen molar-refractivity contribution >= 4 is 34.8 Å². The van der Waals surface area contributed by atoms with Crippen LogP contribution >= 0.6 is 11.6 Å². The Morgan fingerprint density at radius 1 is 1.14 bits per heavy atom. The highest BCUT2D eigenvalue weighted by molar-refractivity contribution is 6.30. The number of rotatable bonds is 3. The first-order valence-electron chi connectivity index (χ1n) is 6.72. The maximum atomic E-state index is 12.4. The second-order valence-electron chi connectivity index (χ2n) is 5.00. The molecule has 2 aromatic rings. The minimum Gasteiger partial charge on any atom is -0.508 e. The lowest BCUT2D eigenvalue weighted by Crippen LogP contribution is -2.34. The summed E-state index contributed by atoms with van der Waals surface area (Å²) in [6, 6.07) is 12.3. The number of hydrogen-bond donors (Lipinski definition) is 2. The van der Waals surface area contributed by atoms with Crippen LogP contribution in [0.1, 0.15) is 6.42 Å². The Kier molecular flexibility index (Phi) is 3.73. The molecule has 5 nitrogen and oxygen atoms in total. The Hall–Kier alpha value is -2.53. The van der Waals surface area contributed by atoms with Crippen molar-refractivity contribution in [3.8, 4) is 5.75 Å². The molecule has 1 fully saturated rings. The number of phenols is 1. The van der Waals surface area contributed by atoms with E-state index in [1.807, 2.05) is 0 Å². The first kappa shape index (κ1) is 14.4. The summed E-state index contributed by atoms with van der Waals surface area (Å²) < 4.78 is 0. The van der Waals surface area contributed by atoms with Gasteiger partial charge in [-0.1, -0.05) is 17.7 Å². The van der Waals surface area contributed by atoms with Crippen LogP contribution in [0.4, 0.5) is 11.4 Å². The van der Waals surface area contributed by atoms with E-state index in [1.54, 1.807) is 36.4 Å². The van der Waals surface area contributed by atoms with Gasteiger partial charge in [0.05, 0.1) is 12.1 Å². The van der Waals surface area contributed by atoms with Crippen LogP contribution in [-0.4, -0.2) is 23.0 Å². The smallest absolute Gasteiger partial charge is 0.256 e. The zero-order chi connectivity index (χ0) is 15.7. The molecule has 22 heavy (non-hydrogen) atoms. The number of imide groups is 1. The lowest BCUT2D eigenvalue weighted by atomic mass is 10.2. The zero-order valence-corrected chi connectivity index (χ0v) is 12.2. The summed E-state index contributed by atoms with van der Waals surface area (Å²) >= 11 is 5.82. The van der Waals surface area contributed by atoms with Crippen LogP contribution in [-0.2, 0) is 9.59 Å². The monoisotopic (exact) mass is 316 g/mol. The Balaban J connectivity index is 1.81. The molecule has 0 aliphatic carbocycles. The molecule has 1 heterocycles. The highest BCUT2D eigenvalue weighted by atomic mass is 35.5. The van der Waals surface area contributed by atoms with E-state index in [4.69, 9.17) is 11.6 Å². The van der Waals surface area contributed by atoms with E-state index in [9.17, 15) is 14.7 Å². The van der Waals surface area contributed by atoms with Crippen molar-refractivity contribution in [1.82, 2.24) is 0 Å². The van der Waals surface area contributed by atoms with Crippen LogP contribution in [0.3, 0.4) is 0 Å². The summed E-state index contributed by atoms with van der Waals surface area (Å²) in [7, 11) is 0. The quantitative estimate of drug-likeness (QED) is 0.854. The van der Waals surface area contributed by atoms with E-state index in [0.29, 0.717) is 16.4 Å². The lowest BCUT2D eigenvalue weighted by Gasteiger charge is -2.16. The van der Waals surface area contributed by atoms with Gasteiger partial charge in [0.15, 0.2) is 0 Å². The molecule has 0 bridgehead atoms. The summed E-state index contributed by atoms with van der Waals surface area (Å²) in [5.74, 6) is -0.503. The maximum absolute atomic E-state index is 12.4. The minimum absolute atomic E-state index is 0.0666. The predicted octanol–water partition coefficient (Wildman–Crippen LogP) is 2.79. The first-order valence-corrected chi connectivity index (χ1v) is 7.10. The Labute approximate surface area is 132 Å². The number of nitrogens with zero attached hydrogens (tertiary/aromatic N) is 1. The van der Waals surface area contributed by atoms with Gasteiger partial charge in [-0.25, -0.2) is 4.90 Å². The van der Waals surface area contributed by atoms with Crippen LogP contribution in [0.2, 0.25) is 5.02 Å². The summed E-state index contributed by atoms with van der Waals surface area (Å²) in [6.07, 6.45) is 0.0666. The molecule has 0 saturated carbocycles. The molecule has 0 aromatic heterocycles. The van der Waals surface area contributed by atoms with Crippen LogP contribution < -0.4 is 10.2 Å². The van der Waals surface area contributed by atoms with Gasteiger partial charge in [-0.15, -0.1) is 0 Å². The fourth-order valence-corrected chi connectivity index (χ4v) is 2.53. The molecule has 2 aromatic carbocycles. The maximum Gasteiger partial charge on any atom is 0.256 e. The molecule has 2 N–H and O–H groups in total. The van der Waals surface area contributed by atoms with Crippen molar-refractivity contribution in [3.05, 3.63) is 53.6 Å². The fourth-order valence-electron chi connectivity index (χ4n) is 2.40. The highest BCUT2D eigenvalue weighted by Crippen LogP contribution is 2.26. The van der Waals surface area contributed by atoms with E-state index < -0.39 is 6.04 Å². The Morgan fingerprint density at radius 3 is 2.55 bits per heavy atom. The number of hydrogen-bond acceptors (Lipinski definition) is 4. The molecular formula is C16H13ClN2O3. The molecule has 1 saturated heterocycles. The predicted molar refractivity (Wildman–Crippen MR) is 84.1 cm³/mol. The van der Waals surface area contributed by atoms with Crippen molar-refractivity contribution in [1.29, 1.82) is 0 Å². The number of halogens is 1. The van der Waals surface area contributed by atoms with Gasteiger partial charge in [0.1, 0.15) is 11.8 Å². The number of nitrogens with one attached hydrogen (secondary N) is 1. The average molecular weight is 317 g/mol. The summed E-state index contributed by atoms with van der Waals surface area (Å²) in [4.78, 5) is 25.7. The van der Waals surface area contributed by atoms with E-state index in [2.05, 4.69) is 5.32 Å². The van der Waals surface area contributed by atoms with Gasteiger partial charge >= 0.3 is 0 Å². The van der Waals surface area contributed by atoms with Crippen molar-refractivity contribution in [2.45, 2.75) is 12.5 Å². The number of aromatic hydroxyl groups is 1. The molecule has 1 unspecified atom stereocenters. The topological polar surface area (TPSA) is 69.6 Å². The summed E-state index contributed by atoms with van der Waals surface area (Å²) in [5.41, 5.74) is 1.09. The number of amides is 2.